The van der Waals surface area contributed by atoms with Crippen molar-refractivity contribution in [2.45, 2.75) is 33.5 Å². The number of hydrogen-bond donors (Lipinski definition) is 0. The largest absolute Gasteiger partial charge is 0.349 e. The number of ether oxygens (including phenoxy) is 2. The van der Waals surface area contributed by atoms with E-state index in [1.165, 1.54) is 5.56 Å². The fourth-order valence-corrected chi connectivity index (χ4v) is 1.62. The normalized spacial score (nSPS) is 10.9. The van der Waals surface area contributed by atoms with Gasteiger partial charge in [-0.25, -0.2) is 0 Å². The van der Waals surface area contributed by atoms with Gasteiger partial charge in [0.1, 0.15) is 0 Å². The van der Waals surface area contributed by atoms with Crippen molar-refractivity contribution >= 4 is 0 Å². The van der Waals surface area contributed by atoms with Gasteiger partial charge in [0, 0.05) is 18.8 Å². The van der Waals surface area contributed by atoms with Crippen molar-refractivity contribution in [3.8, 4) is 0 Å². The van der Waals surface area contributed by atoms with Gasteiger partial charge >= 0.3 is 0 Å². The molecule has 0 atom stereocenters. The van der Waals surface area contributed by atoms with E-state index in [0.717, 1.165) is 12.0 Å². The second-order valence-corrected chi connectivity index (χ2v) is 3.29. The molecular formula is C13H20O2. The topological polar surface area (TPSA) is 18.5 Å². The van der Waals surface area contributed by atoms with E-state index in [2.05, 4.69) is 25.1 Å². The quantitative estimate of drug-likeness (QED) is 0.668. The van der Waals surface area contributed by atoms with E-state index in [9.17, 15) is 0 Å². The van der Waals surface area contributed by atoms with Crippen molar-refractivity contribution in [3.05, 3.63) is 35.4 Å². The van der Waals surface area contributed by atoms with Crippen molar-refractivity contribution < 1.29 is 9.47 Å². The van der Waals surface area contributed by atoms with Crippen LogP contribution in [-0.2, 0) is 15.9 Å². The summed E-state index contributed by atoms with van der Waals surface area (Å²) in [5, 5.41) is 0. The van der Waals surface area contributed by atoms with E-state index in [1.54, 1.807) is 0 Å². The Balaban J connectivity index is 2.88. The molecule has 84 valence electrons. The molecule has 0 amide bonds. The van der Waals surface area contributed by atoms with Gasteiger partial charge < -0.3 is 9.47 Å². The Labute approximate surface area is 92.2 Å². The summed E-state index contributed by atoms with van der Waals surface area (Å²) in [5.41, 5.74) is 2.45. The number of aryl methyl sites for hydroxylation is 1. The first-order valence-electron chi connectivity index (χ1n) is 5.64. The van der Waals surface area contributed by atoms with Gasteiger partial charge in [-0.3, -0.25) is 0 Å². The third-order valence-electron chi connectivity index (χ3n) is 2.33. The summed E-state index contributed by atoms with van der Waals surface area (Å²) in [5.74, 6) is 0. The third kappa shape index (κ3) is 3.33. The highest BCUT2D eigenvalue weighted by Gasteiger charge is 2.13. The van der Waals surface area contributed by atoms with Crippen LogP contribution < -0.4 is 0 Å². The van der Waals surface area contributed by atoms with Crippen LogP contribution in [0, 0.1) is 0 Å². The van der Waals surface area contributed by atoms with Crippen LogP contribution in [0.2, 0.25) is 0 Å². The van der Waals surface area contributed by atoms with E-state index in [4.69, 9.17) is 9.47 Å². The third-order valence-corrected chi connectivity index (χ3v) is 2.33. The molecule has 1 aromatic rings. The summed E-state index contributed by atoms with van der Waals surface area (Å²) in [7, 11) is 0. The molecule has 2 heteroatoms. The van der Waals surface area contributed by atoms with Crippen molar-refractivity contribution in [2.75, 3.05) is 13.2 Å². The summed E-state index contributed by atoms with van der Waals surface area (Å²) in [4.78, 5) is 0. The van der Waals surface area contributed by atoms with Crippen LogP contribution in [-0.4, -0.2) is 13.2 Å². The summed E-state index contributed by atoms with van der Waals surface area (Å²) in [6.07, 6.45) is 0.795. The zero-order chi connectivity index (χ0) is 11.1. The molecule has 15 heavy (non-hydrogen) atoms. The monoisotopic (exact) mass is 208 g/mol. The maximum atomic E-state index is 5.59. The molecule has 0 radical (unpaired) electrons. The van der Waals surface area contributed by atoms with Gasteiger partial charge in [0.15, 0.2) is 6.29 Å². The number of benzene rings is 1. The molecule has 0 N–H and O–H groups in total. The van der Waals surface area contributed by atoms with Gasteiger partial charge in [-0.2, -0.15) is 0 Å². The summed E-state index contributed by atoms with van der Waals surface area (Å²) in [6, 6.07) is 8.28. The molecule has 0 heterocycles. The van der Waals surface area contributed by atoms with Gasteiger partial charge in [0.05, 0.1) is 0 Å². The molecule has 0 aliphatic heterocycles. The number of rotatable bonds is 6. The van der Waals surface area contributed by atoms with E-state index in [1.807, 2.05) is 19.9 Å². The van der Waals surface area contributed by atoms with Crippen LogP contribution in [0.15, 0.2) is 24.3 Å². The molecule has 0 saturated carbocycles. The summed E-state index contributed by atoms with van der Waals surface area (Å²) >= 11 is 0. The first-order chi connectivity index (χ1) is 7.33. The van der Waals surface area contributed by atoms with E-state index in [0.29, 0.717) is 13.2 Å². The number of hydrogen-bond acceptors (Lipinski definition) is 2. The minimum Gasteiger partial charge on any atom is -0.349 e. The molecule has 0 saturated heterocycles. The lowest BCUT2D eigenvalue weighted by molar-refractivity contribution is -0.140. The van der Waals surface area contributed by atoms with Gasteiger partial charge in [0.2, 0.25) is 0 Å². The minimum absolute atomic E-state index is 0.212. The summed E-state index contributed by atoms with van der Waals surface area (Å²) in [6.45, 7) is 7.46. The first kappa shape index (κ1) is 12.2. The Kier molecular flexibility index (Phi) is 5.37. The SMILES string of the molecule is CCOC(OCC)c1ccccc1CC. The van der Waals surface area contributed by atoms with Crippen LogP contribution >= 0.6 is 0 Å². The predicted molar refractivity (Wildman–Crippen MR) is 61.8 cm³/mol. The van der Waals surface area contributed by atoms with Gasteiger partial charge in [0.25, 0.3) is 0 Å². The Morgan fingerprint density at radius 2 is 1.60 bits per heavy atom. The molecule has 0 bridgehead atoms. The Hall–Kier alpha value is -0.860. The van der Waals surface area contributed by atoms with Crippen LogP contribution in [0.4, 0.5) is 0 Å². The molecule has 0 spiro atoms. The van der Waals surface area contributed by atoms with E-state index in [-0.39, 0.29) is 6.29 Å². The highest BCUT2D eigenvalue weighted by Crippen LogP contribution is 2.23. The minimum atomic E-state index is -0.212. The molecule has 0 unspecified atom stereocenters. The zero-order valence-electron chi connectivity index (χ0n) is 9.82. The van der Waals surface area contributed by atoms with Crippen LogP contribution in [0.1, 0.15) is 38.2 Å². The lowest BCUT2D eigenvalue weighted by atomic mass is 10.1. The fraction of sp³-hybridized carbons (Fsp3) is 0.538. The molecule has 0 aliphatic carbocycles. The Morgan fingerprint density at radius 3 is 2.13 bits per heavy atom. The van der Waals surface area contributed by atoms with Crippen LogP contribution in [0.5, 0.6) is 0 Å². The van der Waals surface area contributed by atoms with Gasteiger partial charge in [-0.15, -0.1) is 0 Å². The maximum absolute atomic E-state index is 5.59. The molecule has 0 fully saturated rings. The molecule has 1 aromatic carbocycles. The van der Waals surface area contributed by atoms with Crippen LogP contribution in [0.3, 0.4) is 0 Å². The van der Waals surface area contributed by atoms with Crippen molar-refractivity contribution in [3.63, 3.8) is 0 Å². The maximum Gasteiger partial charge on any atom is 0.184 e. The van der Waals surface area contributed by atoms with E-state index >= 15 is 0 Å². The fourth-order valence-electron chi connectivity index (χ4n) is 1.62. The highest BCUT2D eigenvalue weighted by molar-refractivity contribution is 5.28. The standard InChI is InChI=1S/C13H20O2/c1-4-11-9-7-8-10-12(11)13(14-5-2)15-6-3/h7-10,13H,4-6H2,1-3H3. The smallest absolute Gasteiger partial charge is 0.184 e. The molecule has 0 aromatic heterocycles. The van der Waals surface area contributed by atoms with Gasteiger partial charge in [-0.05, 0) is 25.8 Å². The second kappa shape index (κ2) is 6.59. The molecule has 2 nitrogen and oxygen atoms in total. The molecule has 1 rings (SSSR count). The first-order valence-corrected chi connectivity index (χ1v) is 5.64. The zero-order valence-corrected chi connectivity index (χ0v) is 9.82. The Bertz CT molecular complexity index is 278. The van der Waals surface area contributed by atoms with Crippen molar-refractivity contribution in [1.82, 2.24) is 0 Å². The lowest BCUT2D eigenvalue weighted by Crippen LogP contribution is -2.10. The highest BCUT2D eigenvalue weighted by atomic mass is 16.7. The van der Waals surface area contributed by atoms with Crippen LogP contribution in [0.25, 0.3) is 0 Å². The molecule has 0 aliphatic rings. The average Bonchev–Trinajstić information content (AvgIpc) is 2.29. The van der Waals surface area contributed by atoms with Crippen molar-refractivity contribution in [2.24, 2.45) is 0 Å². The average molecular weight is 208 g/mol. The van der Waals surface area contributed by atoms with Gasteiger partial charge in [-0.1, -0.05) is 31.2 Å². The summed E-state index contributed by atoms with van der Waals surface area (Å²) < 4.78 is 11.2. The second-order valence-electron chi connectivity index (χ2n) is 3.29. The lowest BCUT2D eigenvalue weighted by Gasteiger charge is -2.19. The van der Waals surface area contributed by atoms with Crippen molar-refractivity contribution in [1.29, 1.82) is 0 Å². The Morgan fingerprint density at radius 1 is 1.00 bits per heavy atom. The molecular weight excluding hydrogens is 188 g/mol. The predicted octanol–water partition coefficient (Wildman–Crippen LogP) is 3.32. The van der Waals surface area contributed by atoms with E-state index < -0.39 is 0 Å².